The quantitative estimate of drug-likeness (QED) is 0.577. The largest absolute Gasteiger partial charge is 0.419 e. The molecule has 40 heavy (non-hydrogen) atoms. The van der Waals surface area contributed by atoms with Gasteiger partial charge in [0.25, 0.3) is 5.56 Å². The molecule has 0 atom stereocenters. The second-order valence-corrected chi connectivity index (χ2v) is 11.1. The number of halogens is 3. The molecule has 1 saturated carbocycles. The molecule has 2 saturated heterocycles. The molecule has 6 rings (SSSR count). The number of H-pyrrole nitrogens is 1. The Hall–Kier alpha value is -3.55. The Morgan fingerprint density at radius 3 is 2.23 bits per heavy atom. The standard InChI is InChI=1S/C26H31F3N8O3/c27-26(28,29)18-10-30-25(31-11-18)36-8-6-35(7-9-36)24(40)17-12-34(13-17)15-21-20-14-37(23(39)16-2-1-3-16)5-4-19(20)22(38)33-32-21/h10-11,16-17H,1-9,12-15H2,(H,33,38). The second kappa shape index (κ2) is 10.5. The van der Waals surface area contributed by atoms with Gasteiger partial charge in [-0.25, -0.2) is 15.1 Å². The zero-order valence-electron chi connectivity index (χ0n) is 22.0. The Bertz CT molecular complexity index is 1330. The number of alkyl halides is 3. The number of piperazine rings is 1. The van der Waals surface area contributed by atoms with Gasteiger partial charge in [-0.15, -0.1) is 0 Å². The predicted molar refractivity (Wildman–Crippen MR) is 136 cm³/mol. The number of anilines is 1. The van der Waals surface area contributed by atoms with Gasteiger partial charge in [-0.3, -0.25) is 19.3 Å². The van der Waals surface area contributed by atoms with E-state index in [2.05, 4.69) is 25.1 Å². The van der Waals surface area contributed by atoms with E-state index in [-0.39, 0.29) is 35.2 Å². The molecule has 4 aliphatic rings. The monoisotopic (exact) mass is 560 g/mol. The molecule has 11 nitrogen and oxygen atoms in total. The van der Waals surface area contributed by atoms with Crippen molar-refractivity contribution in [1.29, 1.82) is 0 Å². The maximum absolute atomic E-state index is 13.1. The van der Waals surface area contributed by atoms with Gasteiger partial charge in [0.15, 0.2) is 0 Å². The Balaban J connectivity index is 1.01. The average molecular weight is 561 g/mol. The highest BCUT2D eigenvalue weighted by Gasteiger charge is 2.38. The minimum atomic E-state index is -4.48. The molecule has 0 unspecified atom stereocenters. The summed E-state index contributed by atoms with van der Waals surface area (Å²) in [5, 5.41) is 6.91. The first-order chi connectivity index (χ1) is 19.2. The number of hydrogen-bond donors (Lipinski definition) is 1. The fourth-order valence-electron chi connectivity index (χ4n) is 5.85. The number of rotatable bonds is 5. The maximum atomic E-state index is 13.1. The van der Waals surface area contributed by atoms with Gasteiger partial charge < -0.3 is 14.7 Å². The molecule has 14 heteroatoms. The van der Waals surface area contributed by atoms with Gasteiger partial charge in [0, 0.05) is 88.3 Å². The number of aromatic nitrogens is 4. The van der Waals surface area contributed by atoms with Crippen LogP contribution in [0.1, 0.15) is 41.6 Å². The average Bonchev–Trinajstić information content (AvgIpc) is 2.90. The lowest BCUT2D eigenvalue weighted by molar-refractivity contribution is -0.142. The summed E-state index contributed by atoms with van der Waals surface area (Å²) in [5.41, 5.74) is 1.19. The highest BCUT2D eigenvalue weighted by molar-refractivity contribution is 5.81. The minimum absolute atomic E-state index is 0.0537. The fraction of sp³-hybridized carbons (Fsp3) is 0.615. The topological polar surface area (TPSA) is 119 Å². The Morgan fingerprint density at radius 2 is 1.60 bits per heavy atom. The molecule has 0 aromatic carbocycles. The van der Waals surface area contributed by atoms with Crippen LogP contribution < -0.4 is 10.5 Å². The van der Waals surface area contributed by atoms with Crippen LogP contribution in [-0.2, 0) is 35.3 Å². The molecule has 0 bridgehead atoms. The Kier molecular flexibility index (Phi) is 6.97. The van der Waals surface area contributed by atoms with Crippen LogP contribution in [0.3, 0.4) is 0 Å². The SMILES string of the molecule is O=C(C1CN(Cc2n[nH]c(=O)c3c2CN(C(=O)C2CCC2)CC3)C1)N1CCN(c2ncc(C(F)(F)F)cn2)CC1. The van der Waals surface area contributed by atoms with E-state index in [4.69, 9.17) is 0 Å². The molecule has 214 valence electrons. The second-order valence-electron chi connectivity index (χ2n) is 11.1. The summed E-state index contributed by atoms with van der Waals surface area (Å²) in [6, 6.07) is 0. The van der Waals surface area contributed by atoms with E-state index in [1.165, 1.54) is 0 Å². The molecule has 0 radical (unpaired) electrons. The lowest BCUT2D eigenvalue weighted by atomic mass is 9.83. The fourth-order valence-corrected chi connectivity index (χ4v) is 5.85. The van der Waals surface area contributed by atoms with E-state index >= 15 is 0 Å². The summed E-state index contributed by atoms with van der Waals surface area (Å²) >= 11 is 0. The summed E-state index contributed by atoms with van der Waals surface area (Å²) < 4.78 is 38.3. The van der Waals surface area contributed by atoms with Crippen molar-refractivity contribution in [3.63, 3.8) is 0 Å². The molecular weight excluding hydrogens is 529 g/mol. The predicted octanol–water partition coefficient (Wildman–Crippen LogP) is 1.04. The van der Waals surface area contributed by atoms with Crippen molar-refractivity contribution in [2.24, 2.45) is 11.8 Å². The summed E-state index contributed by atoms with van der Waals surface area (Å²) in [6.45, 7) is 4.36. The molecule has 0 spiro atoms. The van der Waals surface area contributed by atoms with Crippen molar-refractivity contribution in [2.45, 2.75) is 44.9 Å². The number of likely N-dealkylation sites (tertiary alicyclic amines) is 1. The van der Waals surface area contributed by atoms with Crippen molar-refractivity contribution >= 4 is 17.8 Å². The molecule has 2 aromatic rings. The molecule has 3 aliphatic heterocycles. The van der Waals surface area contributed by atoms with Crippen LogP contribution in [0, 0.1) is 11.8 Å². The van der Waals surface area contributed by atoms with Crippen molar-refractivity contribution in [3.05, 3.63) is 45.1 Å². The molecule has 2 aromatic heterocycles. The van der Waals surface area contributed by atoms with E-state index < -0.39 is 11.7 Å². The normalized spacial score (nSPS) is 20.6. The van der Waals surface area contributed by atoms with Crippen LogP contribution in [0.4, 0.5) is 19.1 Å². The van der Waals surface area contributed by atoms with Gasteiger partial charge in [0.05, 0.1) is 17.2 Å². The molecule has 1 N–H and O–H groups in total. The number of carbonyl (C=O) groups is 2. The van der Waals surface area contributed by atoms with Crippen LogP contribution in [0.5, 0.6) is 0 Å². The van der Waals surface area contributed by atoms with Crippen molar-refractivity contribution in [2.75, 3.05) is 50.7 Å². The van der Waals surface area contributed by atoms with Gasteiger partial charge in [-0.1, -0.05) is 6.42 Å². The highest BCUT2D eigenvalue weighted by atomic mass is 19.4. The van der Waals surface area contributed by atoms with Gasteiger partial charge in [0.2, 0.25) is 17.8 Å². The van der Waals surface area contributed by atoms with Crippen LogP contribution in [-0.4, -0.2) is 92.5 Å². The summed E-state index contributed by atoms with van der Waals surface area (Å²) in [7, 11) is 0. The van der Waals surface area contributed by atoms with Gasteiger partial charge in [-0.05, 0) is 19.3 Å². The van der Waals surface area contributed by atoms with Crippen LogP contribution in [0.2, 0.25) is 0 Å². The third-order valence-electron chi connectivity index (χ3n) is 8.55. The van der Waals surface area contributed by atoms with Crippen LogP contribution in [0.15, 0.2) is 17.2 Å². The number of nitrogens with one attached hydrogen (secondary N) is 1. The molecule has 1 aliphatic carbocycles. The number of hydrogen-bond acceptors (Lipinski definition) is 8. The van der Waals surface area contributed by atoms with Crippen molar-refractivity contribution in [1.82, 2.24) is 34.9 Å². The Morgan fingerprint density at radius 1 is 0.925 bits per heavy atom. The summed E-state index contributed by atoms with van der Waals surface area (Å²) in [5.74, 6) is 0.399. The number of carbonyl (C=O) groups excluding carboxylic acids is 2. The van der Waals surface area contributed by atoms with E-state index in [1.54, 1.807) is 9.80 Å². The summed E-state index contributed by atoms with van der Waals surface area (Å²) in [4.78, 5) is 53.5. The highest BCUT2D eigenvalue weighted by Crippen LogP contribution is 2.31. The number of nitrogens with zero attached hydrogens (tertiary/aromatic N) is 7. The first kappa shape index (κ1) is 26.7. The maximum Gasteiger partial charge on any atom is 0.419 e. The van der Waals surface area contributed by atoms with Gasteiger partial charge >= 0.3 is 6.18 Å². The minimum Gasteiger partial charge on any atom is -0.339 e. The van der Waals surface area contributed by atoms with E-state index in [1.807, 2.05) is 4.90 Å². The molecule has 2 amide bonds. The van der Waals surface area contributed by atoms with E-state index in [0.717, 1.165) is 42.9 Å². The number of amides is 2. The van der Waals surface area contributed by atoms with Crippen LogP contribution >= 0.6 is 0 Å². The molecular formula is C26H31F3N8O3. The first-order valence-electron chi connectivity index (χ1n) is 13.7. The zero-order chi connectivity index (χ0) is 28.0. The lowest BCUT2D eigenvalue weighted by Gasteiger charge is -2.43. The van der Waals surface area contributed by atoms with E-state index in [9.17, 15) is 27.6 Å². The number of aromatic amines is 1. The van der Waals surface area contributed by atoms with Gasteiger partial charge in [0.1, 0.15) is 0 Å². The zero-order valence-corrected chi connectivity index (χ0v) is 22.0. The van der Waals surface area contributed by atoms with Gasteiger partial charge in [-0.2, -0.15) is 18.3 Å². The van der Waals surface area contributed by atoms with E-state index in [0.29, 0.717) is 70.9 Å². The first-order valence-corrected chi connectivity index (χ1v) is 13.7. The lowest BCUT2D eigenvalue weighted by Crippen LogP contribution is -2.57. The summed E-state index contributed by atoms with van der Waals surface area (Å²) in [6.07, 6.45) is 0.548. The smallest absolute Gasteiger partial charge is 0.339 e. The molecule has 5 heterocycles. The third kappa shape index (κ3) is 5.16. The third-order valence-corrected chi connectivity index (χ3v) is 8.55. The van der Waals surface area contributed by atoms with Crippen LogP contribution in [0.25, 0.3) is 0 Å². The van der Waals surface area contributed by atoms with Crippen molar-refractivity contribution < 1.29 is 22.8 Å². The number of fused-ring (bicyclic) bond motifs is 1. The molecule has 3 fully saturated rings. The van der Waals surface area contributed by atoms with Crippen molar-refractivity contribution in [3.8, 4) is 0 Å². The Labute approximate surface area is 228 Å².